The maximum Gasteiger partial charge on any atom is 0.416 e. The van der Waals surface area contributed by atoms with E-state index in [1.165, 1.54) is 17.7 Å². The zero-order valence-electron chi connectivity index (χ0n) is 14.2. The zero-order chi connectivity index (χ0) is 19.0. The molecule has 1 unspecified atom stereocenters. The molecule has 26 heavy (non-hydrogen) atoms. The summed E-state index contributed by atoms with van der Waals surface area (Å²) in [4.78, 5) is 11.3. The van der Waals surface area contributed by atoms with E-state index in [0.717, 1.165) is 31.4 Å². The van der Waals surface area contributed by atoms with Crippen LogP contribution in [0.4, 0.5) is 13.2 Å². The van der Waals surface area contributed by atoms with Crippen molar-refractivity contribution in [1.29, 1.82) is 0 Å². The lowest BCUT2D eigenvalue weighted by molar-refractivity contribution is -0.145. The van der Waals surface area contributed by atoms with Gasteiger partial charge in [-0.2, -0.15) is 13.2 Å². The summed E-state index contributed by atoms with van der Waals surface area (Å²) in [5.74, 6) is -1.26. The molecule has 1 N–H and O–H groups in total. The Morgan fingerprint density at radius 1 is 1.00 bits per heavy atom. The third-order valence-corrected chi connectivity index (χ3v) is 3.99. The van der Waals surface area contributed by atoms with Gasteiger partial charge in [0.2, 0.25) is 0 Å². The van der Waals surface area contributed by atoms with E-state index in [9.17, 15) is 23.1 Å². The van der Waals surface area contributed by atoms with Gasteiger partial charge in [0.25, 0.3) is 0 Å². The smallest absolute Gasteiger partial charge is 0.416 e. The number of carboxylic acids is 1. The molecule has 0 spiro atoms. The predicted octanol–water partition coefficient (Wildman–Crippen LogP) is 5.34. The summed E-state index contributed by atoms with van der Waals surface area (Å²) in [5.41, 5.74) is 0.365. The fraction of sp³-hybridized carbons (Fsp3) is 0.350. The van der Waals surface area contributed by atoms with Crippen LogP contribution in [0.25, 0.3) is 0 Å². The fourth-order valence-corrected chi connectivity index (χ4v) is 2.62. The number of ether oxygens (including phenoxy) is 1. The van der Waals surface area contributed by atoms with Crippen molar-refractivity contribution < 1.29 is 27.8 Å². The summed E-state index contributed by atoms with van der Waals surface area (Å²) in [6.07, 6.45) is -2.12. The van der Waals surface area contributed by atoms with E-state index in [-0.39, 0.29) is 12.2 Å². The molecule has 0 amide bonds. The highest BCUT2D eigenvalue weighted by molar-refractivity contribution is 5.72. The van der Waals surface area contributed by atoms with Crippen molar-refractivity contribution in [2.75, 3.05) is 0 Å². The molecular formula is C20H21F3O3. The van der Waals surface area contributed by atoms with Gasteiger partial charge in [-0.25, -0.2) is 4.79 Å². The molecule has 0 aliphatic rings. The summed E-state index contributed by atoms with van der Waals surface area (Å²) in [6, 6.07) is 14.3. The van der Waals surface area contributed by atoms with Crippen molar-refractivity contribution in [2.45, 2.75) is 44.4 Å². The van der Waals surface area contributed by atoms with Gasteiger partial charge in [-0.15, -0.1) is 0 Å². The summed E-state index contributed by atoms with van der Waals surface area (Å²) in [6.45, 7) is 0. The van der Waals surface area contributed by atoms with Crippen LogP contribution in [0.3, 0.4) is 0 Å². The lowest BCUT2D eigenvalue weighted by Gasteiger charge is -2.16. The van der Waals surface area contributed by atoms with Gasteiger partial charge in [-0.3, -0.25) is 0 Å². The van der Waals surface area contributed by atoms with Crippen molar-refractivity contribution in [3.05, 3.63) is 65.7 Å². The number of aliphatic carboxylic acids is 1. The molecule has 2 aromatic rings. The highest BCUT2D eigenvalue weighted by atomic mass is 19.4. The van der Waals surface area contributed by atoms with Crippen molar-refractivity contribution >= 4 is 5.97 Å². The molecule has 0 saturated heterocycles. The molecule has 140 valence electrons. The van der Waals surface area contributed by atoms with Crippen LogP contribution in [0, 0.1) is 0 Å². The third kappa shape index (κ3) is 6.43. The van der Waals surface area contributed by atoms with E-state index in [0.29, 0.717) is 6.42 Å². The maximum atomic E-state index is 12.7. The largest absolute Gasteiger partial charge is 0.479 e. The average Bonchev–Trinajstić information content (AvgIpc) is 2.60. The zero-order valence-corrected chi connectivity index (χ0v) is 14.2. The Morgan fingerprint density at radius 2 is 1.73 bits per heavy atom. The van der Waals surface area contributed by atoms with Crippen LogP contribution >= 0.6 is 0 Å². The normalized spacial score (nSPS) is 12.6. The van der Waals surface area contributed by atoms with Crippen LogP contribution < -0.4 is 4.74 Å². The molecule has 0 aromatic heterocycles. The molecule has 0 aliphatic carbocycles. The Kier molecular flexibility index (Phi) is 7.06. The number of carbonyl (C=O) groups is 1. The highest BCUT2D eigenvalue weighted by Crippen LogP contribution is 2.31. The van der Waals surface area contributed by atoms with E-state index in [4.69, 9.17) is 4.74 Å². The van der Waals surface area contributed by atoms with Crippen molar-refractivity contribution in [3.63, 3.8) is 0 Å². The molecule has 0 fully saturated rings. The number of aryl methyl sites for hydroxylation is 1. The summed E-state index contributed by atoms with van der Waals surface area (Å²) in [7, 11) is 0. The first kappa shape index (κ1) is 19.8. The monoisotopic (exact) mass is 366 g/mol. The molecule has 0 saturated carbocycles. The Balaban J connectivity index is 1.82. The molecule has 0 radical (unpaired) electrons. The van der Waals surface area contributed by atoms with Gasteiger partial charge in [0, 0.05) is 0 Å². The molecule has 1 atom stereocenters. The van der Waals surface area contributed by atoms with Gasteiger partial charge in [-0.05, 0) is 49.4 Å². The highest BCUT2D eigenvalue weighted by Gasteiger charge is 2.31. The van der Waals surface area contributed by atoms with E-state index in [2.05, 4.69) is 0 Å². The number of hydrogen-bond acceptors (Lipinski definition) is 2. The van der Waals surface area contributed by atoms with E-state index >= 15 is 0 Å². The number of halogens is 3. The summed E-state index contributed by atoms with van der Waals surface area (Å²) >= 11 is 0. The first-order chi connectivity index (χ1) is 12.4. The Hall–Kier alpha value is -2.50. The molecule has 0 heterocycles. The Labute approximate surface area is 150 Å². The third-order valence-electron chi connectivity index (χ3n) is 3.99. The molecule has 0 bridgehead atoms. The molecule has 6 heteroatoms. The lowest BCUT2D eigenvalue weighted by atomic mass is 10.0. The second kappa shape index (κ2) is 9.27. The van der Waals surface area contributed by atoms with Gasteiger partial charge in [0.05, 0.1) is 5.56 Å². The van der Waals surface area contributed by atoms with Gasteiger partial charge in [-0.1, -0.05) is 42.8 Å². The Bertz CT molecular complexity index is 699. The molecule has 3 nitrogen and oxygen atoms in total. The number of alkyl halides is 3. The quantitative estimate of drug-likeness (QED) is 0.609. The maximum absolute atomic E-state index is 12.7. The number of unbranched alkanes of at least 4 members (excludes halogenated alkanes) is 2. The molecule has 2 aromatic carbocycles. The fourth-order valence-electron chi connectivity index (χ4n) is 2.62. The second-order valence-corrected chi connectivity index (χ2v) is 6.06. The minimum absolute atomic E-state index is 0.0866. The van der Waals surface area contributed by atoms with Gasteiger partial charge < -0.3 is 9.84 Å². The minimum atomic E-state index is -4.49. The SMILES string of the molecule is O=C(O)C(CCCCCc1ccccc1)Oc1cccc(C(F)(F)F)c1. The topological polar surface area (TPSA) is 46.5 Å². The van der Waals surface area contributed by atoms with E-state index in [1.54, 1.807) is 0 Å². The van der Waals surface area contributed by atoms with Crippen LogP contribution in [0.1, 0.15) is 36.8 Å². The second-order valence-electron chi connectivity index (χ2n) is 6.06. The average molecular weight is 366 g/mol. The number of hydrogen-bond donors (Lipinski definition) is 1. The molecular weight excluding hydrogens is 345 g/mol. The van der Waals surface area contributed by atoms with Gasteiger partial charge >= 0.3 is 12.1 Å². The van der Waals surface area contributed by atoms with Crippen LogP contribution in [-0.4, -0.2) is 17.2 Å². The number of rotatable bonds is 9. The minimum Gasteiger partial charge on any atom is -0.479 e. The Morgan fingerprint density at radius 3 is 2.38 bits per heavy atom. The van der Waals surface area contributed by atoms with E-state index in [1.807, 2.05) is 30.3 Å². The van der Waals surface area contributed by atoms with Gasteiger partial charge in [0.1, 0.15) is 5.75 Å². The molecule has 0 aliphatic heterocycles. The first-order valence-electron chi connectivity index (χ1n) is 8.47. The van der Waals surface area contributed by atoms with Crippen molar-refractivity contribution in [3.8, 4) is 5.75 Å². The first-order valence-corrected chi connectivity index (χ1v) is 8.47. The van der Waals surface area contributed by atoms with Crippen LogP contribution in [0.2, 0.25) is 0 Å². The van der Waals surface area contributed by atoms with Crippen LogP contribution in [0.15, 0.2) is 54.6 Å². The molecule has 2 rings (SSSR count). The standard InChI is InChI=1S/C20H21F3O3/c21-20(22,23)16-11-7-12-17(14-16)26-18(19(24)25)13-6-2-5-10-15-8-3-1-4-9-15/h1,3-4,7-9,11-12,14,18H,2,5-6,10,13H2,(H,24,25). The van der Waals surface area contributed by atoms with Crippen molar-refractivity contribution in [2.24, 2.45) is 0 Å². The summed E-state index contributed by atoms with van der Waals surface area (Å²) in [5, 5.41) is 9.25. The van der Waals surface area contributed by atoms with Crippen LogP contribution in [0.5, 0.6) is 5.75 Å². The number of benzene rings is 2. The predicted molar refractivity (Wildman–Crippen MR) is 92.1 cm³/mol. The van der Waals surface area contributed by atoms with E-state index < -0.39 is 23.8 Å². The number of carboxylic acid groups (broad SMARTS) is 1. The summed E-state index contributed by atoms with van der Waals surface area (Å²) < 4.78 is 43.4. The van der Waals surface area contributed by atoms with Crippen LogP contribution in [-0.2, 0) is 17.4 Å². The van der Waals surface area contributed by atoms with Gasteiger partial charge in [0.15, 0.2) is 6.10 Å². The van der Waals surface area contributed by atoms with Crippen molar-refractivity contribution in [1.82, 2.24) is 0 Å². The lowest BCUT2D eigenvalue weighted by Crippen LogP contribution is -2.27.